The van der Waals surface area contributed by atoms with Gasteiger partial charge < -0.3 is 61.8 Å². The average Bonchev–Trinajstić information content (AvgIpc) is 1.70. The van der Waals surface area contributed by atoms with Gasteiger partial charge in [0.15, 0.2) is 5.76 Å². The Morgan fingerprint density at radius 2 is 0.959 bits per heavy atom. The minimum Gasteiger partial charge on any atom is -0.497 e. The van der Waals surface area contributed by atoms with E-state index in [0.717, 1.165) is 108 Å². The molecule has 1 atom stereocenters. The molecule has 7 aromatic carbocycles. The van der Waals surface area contributed by atoms with Crippen LogP contribution in [0.4, 0.5) is 22.0 Å². The summed E-state index contributed by atoms with van der Waals surface area (Å²) < 4.78 is 78.6. The van der Waals surface area contributed by atoms with Crippen molar-refractivity contribution in [2.45, 2.75) is 269 Å². The second-order valence-corrected chi connectivity index (χ2v) is 33.7. The lowest BCUT2D eigenvalue weighted by molar-refractivity contribution is -0.137. The molecule has 10 aromatic rings. The van der Waals surface area contributed by atoms with Crippen LogP contribution in [0.1, 0.15) is 205 Å². The van der Waals surface area contributed by atoms with Crippen molar-refractivity contribution in [3.63, 3.8) is 0 Å². The monoisotopic (exact) mass is 1730 g/mol. The molecule has 0 saturated carbocycles. The molecule has 0 amide bonds. The van der Waals surface area contributed by atoms with Crippen LogP contribution < -0.4 is 57.3 Å². The van der Waals surface area contributed by atoms with Crippen molar-refractivity contribution < 1.29 is 35.9 Å². The first-order valence-corrected chi connectivity index (χ1v) is 43.2. The lowest BCUT2D eigenvalue weighted by atomic mass is 10.1. The van der Waals surface area contributed by atoms with Crippen molar-refractivity contribution in [3.05, 3.63) is 300 Å². The summed E-state index contributed by atoms with van der Waals surface area (Å²) in [5.41, 5.74) is 12.9. The number of fused-ring (bicyclic) bond motifs is 2. The molecular weight excluding hydrogens is 1590 g/mol. The zero-order chi connectivity index (χ0) is 89.4. The standard InChI is InChI=1S/C14H18N2O2.C12H17NO.C12H17N.C11H16ClN.C11H13F4N.C10H13ClFN.C10H14ClN.2C9H14N2/c1-10(2)15-9-13-8-14(16-18-13)11-4-6-12(17-3)7-5-11;1-9(2)13-8-10-3-4-12-11(7-10)5-6-14-12;1-9(2)13-12-7-10-5-3-4-6-11(10)8-12;1-8(2)13-9(3)10-4-6-11(12)7-5-10;1-7(2)16-6-8-3-9(11(13,14)15)5-10(12)4-8;1-7(2)13-6-8-3-4-10(12)9(11)5-8;1-8(2)12-7-9-3-5-10(11)6-4-9;1-8(2)11-7-9-4-3-5-10-6-9;1-8(2)11-7-9-5-3-4-6-10-9/h4-8,10,15H,9H2,1-3H3;3-4,7,9,13H,5-6,8H2,1-2H3;3-6,9,12-13H,7-8H2,1-2H3;4-9,13H,1-3H3;3-5,7,16H,6H2,1-2H3;3-5,7,13H,6H2,1-2H3;3-6,8,12H,7H2,1-2H3;2*3-6,8,11H,7H2,1-2H3. The van der Waals surface area contributed by atoms with Crippen molar-refractivity contribution in [1.29, 1.82) is 0 Å². The largest absolute Gasteiger partial charge is 0.497 e. The molecular formula is C98H136Cl3F5N12O3. The Morgan fingerprint density at radius 1 is 0.455 bits per heavy atom. The Kier molecular flexibility index (Phi) is 50.4. The van der Waals surface area contributed by atoms with Gasteiger partial charge in [-0.25, -0.2) is 8.78 Å². The number of rotatable bonds is 28. The summed E-state index contributed by atoms with van der Waals surface area (Å²) in [5, 5.41) is 35.7. The van der Waals surface area contributed by atoms with E-state index in [1.165, 1.54) is 57.9 Å². The van der Waals surface area contributed by atoms with Crippen LogP contribution in [0.3, 0.4) is 0 Å². The molecule has 121 heavy (non-hydrogen) atoms. The van der Waals surface area contributed by atoms with Crippen molar-refractivity contribution >= 4 is 34.8 Å². The van der Waals surface area contributed by atoms with Crippen LogP contribution >= 0.6 is 34.8 Å². The summed E-state index contributed by atoms with van der Waals surface area (Å²) in [5.74, 6) is 1.52. The van der Waals surface area contributed by atoms with Gasteiger partial charge in [0.05, 0.1) is 36.5 Å². The van der Waals surface area contributed by atoms with Gasteiger partial charge >= 0.3 is 6.18 Å². The summed E-state index contributed by atoms with van der Waals surface area (Å²) in [7, 11) is 1.65. The predicted octanol–water partition coefficient (Wildman–Crippen LogP) is 22.8. The fourth-order valence-corrected chi connectivity index (χ4v) is 12.0. The minimum absolute atomic E-state index is 0.137. The Hall–Kier alpha value is -8.19. The molecule has 12 rings (SSSR count). The smallest absolute Gasteiger partial charge is 0.416 e. The molecule has 0 saturated heterocycles. The Bertz CT molecular complexity index is 4310. The van der Waals surface area contributed by atoms with E-state index in [-0.39, 0.29) is 23.4 Å². The highest BCUT2D eigenvalue weighted by Crippen LogP contribution is 2.31. The van der Waals surface area contributed by atoms with Crippen molar-refractivity contribution in [3.8, 4) is 22.8 Å². The van der Waals surface area contributed by atoms with E-state index >= 15 is 0 Å². The van der Waals surface area contributed by atoms with Gasteiger partial charge in [0.1, 0.15) is 28.8 Å². The second kappa shape index (κ2) is 58.0. The molecule has 3 aromatic heterocycles. The summed E-state index contributed by atoms with van der Waals surface area (Å²) >= 11 is 17.2. The number of nitrogens with one attached hydrogen (secondary N) is 9. The number of methoxy groups -OCH3 is 1. The first kappa shape index (κ1) is 105. The molecule has 4 heterocycles. The highest BCUT2D eigenvalue weighted by atomic mass is 35.5. The number of nitrogens with zero attached hydrogens (tertiary/aromatic N) is 3. The third-order valence-electron chi connectivity index (χ3n) is 17.9. The van der Waals surface area contributed by atoms with Gasteiger partial charge in [-0.05, 0) is 173 Å². The van der Waals surface area contributed by atoms with E-state index in [1.807, 2.05) is 117 Å². The van der Waals surface area contributed by atoms with Crippen LogP contribution in [-0.4, -0.2) is 89.3 Å². The van der Waals surface area contributed by atoms with Gasteiger partial charge in [-0.3, -0.25) is 9.97 Å². The van der Waals surface area contributed by atoms with Crippen LogP contribution in [0.15, 0.2) is 211 Å². The summed E-state index contributed by atoms with van der Waals surface area (Å²) in [6.07, 6.45) is 4.45. The van der Waals surface area contributed by atoms with Gasteiger partial charge in [-0.2, -0.15) is 13.2 Å². The van der Waals surface area contributed by atoms with E-state index in [0.29, 0.717) is 78.6 Å². The number of ether oxygens (including phenoxy) is 2. The molecule has 1 aliphatic carbocycles. The highest BCUT2D eigenvalue weighted by Gasteiger charge is 2.31. The van der Waals surface area contributed by atoms with E-state index in [2.05, 4.69) is 241 Å². The molecule has 2 aliphatic rings. The Labute approximate surface area is 735 Å². The topological polar surface area (TPSA) is 179 Å². The Morgan fingerprint density at radius 3 is 1.46 bits per heavy atom. The third kappa shape index (κ3) is 47.3. The van der Waals surface area contributed by atoms with Gasteiger partial charge in [0.2, 0.25) is 0 Å². The number of aromatic nitrogens is 3. The molecule has 9 N–H and O–H groups in total. The van der Waals surface area contributed by atoms with Crippen molar-refractivity contribution in [2.24, 2.45) is 0 Å². The summed E-state index contributed by atoms with van der Waals surface area (Å²) in [6.45, 7) is 46.1. The quantitative estimate of drug-likeness (QED) is 0.0211. The van der Waals surface area contributed by atoms with Crippen LogP contribution in [0.2, 0.25) is 15.1 Å². The number of halogens is 8. The number of hydrogen-bond acceptors (Lipinski definition) is 15. The highest BCUT2D eigenvalue weighted by molar-refractivity contribution is 6.31. The first-order valence-electron chi connectivity index (χ1n) is 42.1. The third-order valence-corrected chi connectivity index (χ3v) is 18.6. The van der Waals surface area contributed by atoms with Gasteiger partial charge in [-0.15, -0.1) is 0 Å². The predicted molar refractivity (Wildman–Crippen MR) is 495 cm³/mol. The van der Waals surface area contributed by atoms with E-state index < -0.39 is 17.6 Å². The van der Waals surface area contributed by atoms with Crippen LogP contribution in [0.25, 0.3) is 11.3 Å². The van der Waals surface area contributed by atoms with Crippen LogP contribution in [0.5, 0.6) is 11.5 Å². The fourth-order valence-electron chi connectivity index (χ4n) is 11.5. The summed E-state index contributed by atoms with van der Waals surface area (Å²) in [6, 6.07) is 63.4. The van der Waals surface area contributed by atoms with Crippen molar-refractivity contribution in [1.82, 2.24) is 63.0 Å². The average molecular weight is 1730 g/mol. The number of pyridine rings is 2. The maximum atomic E-state index is 13.0. The molecule has 15 nitrogen and oxygen atoms in total. The lowest BCUT2D eigenvalue weighted by Crippen LogP contribution is -2.35. The number of benzene rings is 7. The van der Waals surface area contributed by atoms with E-state index in [9.17, 15) is 22.0 Å². The number of alkyl halides is 3. The zero-order valence-corrected chi connectivity index (χ0v) is 77.1. The molecule has 1 unspecified atom stereocenters. The first-order chi connectivity index (χ1) is 57.4. The maximum Gasteiger partial charge on any atom is 0.416 e. The zero-order valence-electron chi connectivity index (χ0n) is 74.8. The fraction of sp³-hybridized carbons (Fsp3) is 0.439. The molecule has 1 aliphatic heterocycles. The molecule has 0 bridgehead atoms. The molecule has 0 fully saturated rings. The van der Waals surface area contributed by atoms with Gasteiger partial charge in [-0.1, -0.05) is 243 Å². The molecule has 0 radical (unpaired) electrons. The normalized spacial score (nSPS) is 12.2. The minimum atomic E-state index is -4.51. The SMILES string of the molecule is CC(C)NC(C)c1ccc(Cl)cc1.CC(C)NC1Cc2ccccc2C1.CC(C)NCc1cc(F)cc(C(F)(F)F)c1.CC(C)NCc1ccc(Cl)cc1.CC(C)NCc1ccc(F)c(Cl)c1.CC(C)NCc1ccc2c(c1)CCO2.CC(C)NCc1ccccn1.CC(C)NCc1cccnc1.COc1ccc(-c2cc(CNC(C)C)on2)cc1. The lowest BCUT2D eigenvalue weighted by Gasteiger charge is -2.17. The maximum absolute atomic E-state index is 13.0. The van der Waals surface area contributed by atoms with E-state index in [4.69, 9.17) is 48.8 Å². The van der Waals surface area contributed by atoms with Crippen molar-refractivity contribution in [2.75, 3.05) is 13.7 Å². The van der Waals surface area contributed by atoms with Gasteiger partial charge in [0.25, 0.3) is 0 Å². The van der Waals surface area contributed by atoms with E-state index in [1.54, 1.807) is 25.4 Å². The van der Waals surface area contributed by atoms with Crippen LogP contribution in [0, 0.1) is 11.6 Å². The molecule has 662 valence electrons. The summed E-state index contributed by atoms with van der Waals surface area (Å²) in [4.78, 5) is 8.21. The van der Waals surface area contributed by atoms with Gasteiger partial charge in [0, 0.05) is 152 Å². The van der Waals surface area contributed by atoms with Crippen LogP contribution in [-0.2, 0) is 71.3 Å². The number of hydrogen-bond donors (Lipinski definition) is 9. The second-order valence-electron chi connectivity index (χ2n) is 32.4. The Balaban J connectivity index is 0.000000287. The molecule has 0 spiro atoms. The molecule has 23 heteroatoms.